The normalized spacial score (nSPS) is 10.6. The van der Waals surface area contributed by atoms with Crippen molar-refractivity contribution in [2.75, 3.05) is 0 Å². The molecule has 0 radical (unpaired) electrons. The molecule has 94 valence electrons. The second kappa shape index (κ2) is 4.73. The van der Waals surface area contributed by atoms with Gasteiger partial charge in [-0.1, -0.05) is 47.5 Å². The van der Waals surface area contributed by atoms with Gasteiger partial charge in [-0.15, -0.1) is 0 Å². The number of benzene rings is 2. The second-order valence-corrected chi connectivity index (χ2v) is 4.89. The zero-order chi connectivity index (χ0) is 13.2. The summed E-state index contributed by atoms with van der Waals surface area (Å²) in [6, 6.07) is 16.7. The third kappa shape index (κ3) is 2.43. The van der Waals surface area contributed by atoms with Gasteiger partial charge in [0, 0.05) is 11.8 Å². The molecule has 0 spiro atoms. The highest BCUT2D eigenvalue weighted by Gasteiger charge is 2.04. The lowest BCUT2D eigenvalue weighted by molar-refractivity contribution is 0.881. The van der Waals surface area contributed by atoms with Gasteiger partial charge in [-0.3, -0.25) is 0 Å². The molecule has 1 heterocycles. The smallest absolute Gasteiger partial charge is 0.0645 e. The number of aromatic nitrogens is 2. The summed E-state index contributed by atoms with van der Waals surface area (Å²) in [4.78, 5) is 0. The molecule has 19 heavy (non-hydrogen) atoms. The van der Waals surface area contributed by atoms with E-state index < -0.39 is 0 Å². The third-order valence-corrected chi connectivity index (χ3v) is 3.16. The minimum Gasteiger partial charge on any atom is -0.240 e. The molecule has 0 saturated carbocycles. The molecule has 0 aliphatic carbocycles. The van der Waals surface area contributed by atoms with Crippen LogP contribution in [0.5, 0.6) is 0 Å². The van der Waals surface area contributed by atoms with Crippen LogP contribution in [0, 0.1) is 13.8 Å². The summed E-state index contributed by atoms with van der Waals surface area (Å²) in [5, 5.41) is 4.44. The van der Waals surface area contributed by atoms with Crippen molar-refractivity contribution in [2.45, 2.75) is 13.8 Å². The zero-order valence-corrected chi connectivity index (χ0v) is 11.2. The molecule has 0 saturated heterocycles. The summed E-state index contributed by atoms with van der Waals surface area (Å²) >= 11 is 0. The van der Waals surface area contributed by atoms with Crippen molar-refractivity contribution in [3.8, 4) is 16.8 Å². The molecule has 0 aliphatic heterocycles. The van der Waals surface area contributed by atoms with Gasteiger partial charge >= 0.3 is 0 Å². The molecule has 2 heteroatoms. The fourth-order valence-electron chi connectivity index (χ4n) is 2.34. The number of hydrogen-bond donors (Lipinski definition) is 0. The quantitative estimate of drug-likeness (QED) is 0.666. The van der Waals surface area contributed by atoms with Crippen LogP contribution in [-0.4, -0.2) is 9.78 Å². The Morgan fingerprint density at radius 1 is 0.842 bits per heavy atom. The van der Waals surface area contributed by atoms with Crippen LogP contribution >= 0.6 is 0 Å². The topological polar surface area (TPSA) is 17.8 Å². The summed E-state index contributed by atoms with van der Waals surface area (Å²) < 4.78 is 1.91. The van der Waals surface area contributed by atoms with Gasteiger partial charge in [-0.25, -0.2) is 4.68 Å². The summed E-state index contributed by atoms with van der Waals surface area (Å²) in [5.74, 6) is 0. The number of rotatable bonds is 2. The highest BCUT2D eigenvalue weighted by atomic mass is 15.3. The molecule has 0 fully saturated rings. The molecule has 0 bridgehead atoms. The first-order valence-electron chi connectivity index (χ1n) is 6.41. The predicted octanol–water partition coefficient (Wildman–Crippen LogP) is 4.16. The SMILES string of the molecule is Cc1cc(C)cc(-c2cnn(-c3ccccc3)c2)c1. The summed E-state index contributed by atoms with van der Waals surface area (Å²) in [7, 11) is 0. The molecule has 1 aromatic heterocycles. The average molecular weight is 248 g/mol. The number of nitrogens with zero attached hydrogens (tertiary/aromatic N) is 2. The third-order valence-electron chi connectivity index (χ3n) is 3.16. The van der Waals surface area contributed by atoms with Gasteiger partial charge in [0.1, 0.15) is 0 Å². The first kappa shape index (κ1) is 11.7. The Labute approximate surface area is 113 Å². The Morgan fingerprint density at radius 2 is 1.53 bits per heavy atom. The van der Waals surface area contributed by atoms with Gasteiger partial charge in [0.25, 0.3) is 0 Å². The van der Waals surface area contributed by atoms with E-state index in [1.54, 1.807) is 0 Å². The maximum Gasteiger partial charge on any atom is 0.0645 e. The van der Waals surface area contributed by atoms with Crippen LogP contribution in [0.4, 0.5) is 0 Å². The summed E-state index contributed by atoms with van der Waals surface area (Å²) in [6.45, 7) is 4.25. The standard InChI is InChI=1S/C17H16N2/c1-13-8-14(2)10-15(9-13)16-11-18-19(12-16)17-6-4-3-5-7-17/h3-12H,1-2H3. The van der Waals surface area contributed by atoms with E-state index in [2.05, 4.69) is 55.5 Å². The van der Waals surface area contributed by atoms with Crippen LogP contribution in [0.3, 0.4) is 0 Å². The van der Waals surface area contributed by atoms with Crippen molar-refractivity contribution in [2.24, 2.45) is 0 Å². The molecule has 0 atom stereocenters. The molecule has 0 N–H and O–H groups in total. The Hall–Kier alpha value is -2.35. The van der Waals surface area contributed by atoms with Gasteiger partial charge in [0.15, 0.2) is 0 Å². The minimum absolute atomic E-state index is 1.08. The van der Waals surface area contributed by atoms with Gasteiger partial charge in [-0.05, 0) is 31.5 Å². The van der Waals surface area contributed by atoms with Crippen LogP contribution < -0.4 is 0 Å². The van der Waals surface area contributed by atoms with Crippen molar-refractivity contribution >= 4 is 0 Å². The van der Waals surface area contributed by atoms with Crippen LogP contribution in [-0.2, 0) is 0 Å². The maximum atomic E-state index is 4.44. The lowest BCUT2D eigenvalue weighted by atomic mass is 10.0. The van der Waals surface area contributed by atoms with Gasteiger partial charge in [0.05, 0.1) is 11.9 Å². The predicted molar refractivity (Wildman–Crippen MR) is 78.5 cm³/mol. The fraction of sp³-hybridized carbons (Fsp3) is 0.118. The van der Waals surface area contributed by atoms with Crippen LogP contribution in [0.25, 0.3) is 16.8 Å². The van der Waals surface area contributed by atoms with Crippen molar-refractivity contribution in [3.63, 3.8) is 0 Å². The summed E-state index contributed by atoms with van der Waals surface area (Å²) in [5.41, 5.74) is 6.01. The van der Waals surface area contributed by atoms with E-state index in [-0.39, 0.29) is 0 Å². The number of aryl methyl sites for hydroxylation is 2. The number of para-hydroxylation sites is 1. The number of hydrogen-bond acceptors (Lipinski definition) is 1. The van der Waals surface area contributed by atoms with Gasteiger partial charge < -0.3 is 0 Å². The summed E-state index contributed by atoms with van der Waals surface area (Å²) in [6.07, 6.45) is 3.99. The zero-order valence-electron chi connectivity index (χ0n) is 11.2. The molecular formula is C17H16N2. The minimum atomic E-state index is 1.08. The van der Waals surface area contributed by atoms with E-state index in [0.717, 1.165) is 11.3 Å². The van der Waals surface area contributed by atoms with Crippen molar-refractivity contribution in [1.29, 1.82) is 0 Å². The van der Waals surface area contributed by atoms with Crippen molar-refractivity contribution < 1.29 is 0 Å². The van der Waals surface area contributed by atoms with Crippen LogP contribution in [0.1, 0.15) is 11.1 Å². The molecule has 3 aromatic rings. The van der Waals surface area contributed by atoms with Crippen molar-refractivity contribution in [1.82, 2.24) is 9.78 Å². The lowest BCUT2D eigenvalue weighted by Crippen LogP contribution is -1.92. The van der Waals surface area contributed by atoms with E-state index in [1.807, 2.05) is 29.1 Å². The molecular weight excluding hydrogens is 232 g/mol. The monoisotopic (exact) mass is 248 g/mol. The van der Waals surface area contributed by atoms with Gasteiger partial charge in [0.2, 0.25) is 0 Å². The largest absolute Gasteiger partial charge is 0.240 e. The fourth-order valence-corrected chi connectivity index (χ4v) is 2.34. The molecule has 0 unspecified atom stereocenters. The Morgan fingerprint density at radius 3 is 2.21 bits per heavy atom. The Bertz CT molecular complexity index is 676. The van der Waals surface area contributed by atoms with E-state index >= 15 is 0 Å². The lowest BCUT2D eigenvalue weighted by Gasteiger charge is -2.02. The van der Waals surface area contributed by atoms with Crippen LogP contribution in [0.2, 0.25) is 0 Å². The Kier molecular flexibility index (Phi) is 2.92. The Balaban J connectivity index is 2.02. The highest BCUT2D eigenvalue weighted by molar-refractivity contribution is 5.64. The van der Waals surface area contributed by atoms with Crippen LogP contribution in [0.15, 0.2) is 60.9 Å². The maximum absolute atomic E-state index is 4.44. The first-order chi connectivity index (χ1) is 9.22. The average Bonchev–Trinajstić information content (AvgIpc) is 2.88. The van der Waals surface area contributed by atoms with E-state index in [0.29, 0.717) is 0 Å². The second-order valence-electron chi connectivity index (χ2n) is 4.89. The van der Waals surface area contributed by atoms with E-state index in [9.17, 15) is 0 Å². The van der Waals surface area contributed by atoms with Gasteiger partial charge in [-0.2, -0.15) is 5.10 Å². The highest BCUT2D eigenvalue weighted by Crippen LogP contribution is 2.22. The molecule has 3 rings (SSSR count). The van der Waals surface area contributed by atoms with E-state index in [4.69, 9.17) is 0 Å². The molecule has 2 nitrogen and oxygen atoms in total. The molecule has 0 amide bonds. The first-order valence-corrected chi connectivity index (χ1v) is 6.41. The van der Waals surface area contributed by atoms with Crippen molar-refractivity contribution in [3.05, 3.63) is 72.1 Å². The molecule has 0 aliphatic rings. The molecule has 2 aromatic carbocycles. The van der Waals surface area contributed by atoms with E-state index in [1.165, 1.54) is 16.7 Å².